The number of rotatable bonds is 4. The first kappa shape index (κ1) is 16.4. The Labute approximate surface area is 135 Å². The van der Waals surface area contributed by atoms with Gasteiger partial charge in [0, 0.05) is 19.7 Å². The number of aryl methyl sites for hydroxylation is 2. The molecule has 1 N–H and O–H groups in total. The Balaban J connectivity index is 2.28. The van der Waals surface area contributed by atoms with Crippen molar-refractivity contribution in [3.8, 4) is 0 Å². The van der Waals surface area contributed by atoms with Gasteiger partial charge in [-0.15, -0.1) is 0 Å². The van der Waals surface area contributed by atoms with Crippen molar-refractivity contribution in [2.45, 2.75) is 26.7 Å². The molecule has 1 amide bonds. The van der Waals surface area contributed by atoms with Crippen LogP contribution in [0, 0.1) is 13.8 Å². The van der Waals surface area contributed by atoms with Gasteiger partial charge in [-0.05, 0) is 32.9 Å². The van der Waals surface area contributed by atoms with Crippen LogP contribution in [0.4, 0.5) is 11.4 Å². The van der Waals surface area contributed by atoms with Crippen molar-refractivity contribution in [3.05, 3.63) is 40.2 Å². The predicted octanol–water partition coefficient (Wildman–Crippen LogP) is 3.75. The van der Waals surface area contributed by atoms with Crippen molar-refractivity contribution in [2.24, 2.45) is 0 Å². The van der Waals surface area contributed by atoms with Crippen LogP contribution in [0.2, 0.25) is 5.02 Å². The van der Waals surface area contributed by atoms with Crippen molar-refractivity contribution >= 4 is 28.9 Å². The summed E-state index contributed by atoms with van der Waals surface area (Å²) < 4.78 is 5.14. The standard InChI is InChI=1S/C16H20ClN3O2/c1-9(14-10(2)19-22-11(14)3)16(21)18-13-8-6-7-12(17)15(13)20(4)5/h6-9H,1-5H3,(H,18,21). The first-order valence-corrected chi connectivity index (χ1v) is 7.40. The molecule has 0 spiro atoms. The minimum absolute atomic E-state index is 0.125. The monoisotopic (exact) mass is 321 g/mol. The molecule has 0 saturated heterocycles. The van der Waals surface area contributed by atoms with Crippen molar-refractivity contribution in [1.29, 1.82) is 0 Å². The third-order valence-electron chi connectivity index (χ3n) is 3.61. The number of carbonyl (C=O) groups is 1. The number of nitrogens with zero attached hydrogens (tertiary/aromatic N) is 2. The highest BCUT2D eigenvalue weighted by Gasteiger charge is 2.24. The van der Waals surface area contributed by atoms with Crippen molar-refractivity contribution in [3.63, 3.8) is 0 Å². The number of nitrogens with one attached hydrogen (secondary N) is 1. The summed E-state index contributed by atoms with van der Waals surface area (Å²) in [5.41, 5.74) is 3.02. The maximum absolute atomic E-state index is 12.6. The smallest absolute Gasteiger partial charge is 0.231 e. The lowest BCUT2D eigenvalue weighted by molar-refractivity contribution is -0.117. The zero-order valence-electron chi connectivity index (χ0n) is 13.4. The molecule has 1 heterocycles. The summed E-state index contributed by atoms with van der Waals surface area (Å²) in [6.07, 6.45) is 0. The summed E-state index contributed by atoms with van der Waals surface area (Å²) in [7, 11) is 3.77. The molecule has 6 heteroatoms. The van der Waals surface area contributed by atoms with Gasteiger partial charge in [0.15, 0.2) is 0 Å². The number of amides is 1. The van der Waals surface area contributed by atoms with E-state index in [1.807, 2.05) is 51.9 Å². The summed E-state index contributed by atoms with van der Waals surface area (Å²) in [6.45, 7) is 5.48. The van der Waals surface area contributed by atoms with Gasteiger partial charge in [0.1, 0.15) is 5.76 Å². The van der Waals surface area contributed by atoms with Crippen LogP contribution in [0.25, 0.3) is 0 Å². The molecule has 0 radical (unpaired) electrons. The summed E-state index contributed by atoms with van der Waals surface area (Å²) in [4.78, 5) is 14.4. The van der Waals surface area contributed by atoms with Gasteiger partial charge in [-0.25, -0.2) is 0 Å². The van der Waals surface area contributed by atoms with E-state index in [0.717, 1.165) is 16.9 Å². The molecule has 1 atom stereocenters. The fraction of sp³-hybridized carbons (Fsp3) is 0.375. The number of anilines is 2. The number of benzene rings is 1. The first-order valence-electron chi connectivity index (χ1n) is 7.02. The molecular weight excluding hydrogens is 302 g/mol. The van der Waals surface area contributed by atoms with E-state index in [0.29, 0.717) is 16.5 Å². The molecule has 0 aliphatic carbocycles. The van der Waals surface area contributed by atoms with Gasteiger partial charge >= 0.3 is 0 Å². The molecule has 0 fully saturated rings. The minimum atomic E-state index is -0.361. The van der Waals surface area contributed by atoms with E-state index >= 15 is 0 Å². The second-order valence-electron chi connectivity index (χ2n) is 5.48. The van der Waals surface area contributed by atoms with E-state index in [4.69, 9.17) is 16.1 Å². The second kappa shape index (κ2) is 6.40. The number of halogens is 1. The SMILES string of the molecule is Cc1noc(C)c1C(C)C(=O)Nc1cccc(Cl)c1N(C)C. The van der Waals surface area contributed by atoms with Crippen molar-refractivity contribution in [2.75, 3.05) is 24.3 Å². The Morgan fingerprint density at radius 2 is 2.05 bits per heavy atom. The van der Waals surface area contributed by atoms with Crippen LogP contribution in [-0.4, -0.2) is 25.2 Å². The largest absolute Gasteiger partial charge is 0.375 e. The Bertz CT molecular complexity index is 675. The number of aromatic nitrogens is 1. The Hall–Kier alpha value is -2.01. The Kier molecular flexibility index (Phi) is 4.76. The zero-order valence-corrected chi connectivity index (χ0v) is 14.2. The van der Waals surface area contributed by atoms with Crippen LogP contribution >= 0.6 is 11.6 Å². The Morgan fingerprint density at radius 1 is 1.36 bits per heavy atom. The molecule has 2 rings (SSSR count). The maximum atomic E-state index is 12.6. The molecule has 0 aliphatic heterocycles. The Morgan fingerprint density at radius 3 is 2.59 bits per heavy atom. The number of hydrogen-bond donors (Lipinski definition) is 1. The molecule has 22 heavy (non-hydrogen) atoms. The average molecular weight is 322 g/mol. The van der Waals surface area contributed by atoms with Gasteiger partial charge in [-0.3, -0.25) is 4.79 Å². The molecule has 1 unspecified atom stereocenters. The van der Waals surface area contributed by atoms with Gasteiger partial charge < -0.3 is 14.7 Å². The van der Waals surface area contributed by atoms with E-state index in [-0.39, 0.29) is 11.8 Å². The predicted molar refractivity (Wildman–Crippen MR) is 88.8 cm³/mol. The van der Waals surface area contributed by atoms with Crippen LogP contribution in [0.3, 0.4) is 0 Å². The van der Waals surface area contributed by atoms with E-state index < -0.39 is 0 Å². The summed E-state index contributed by atoms with van der Waals surface area (Å²) in [6, 6.07) is 5.44. The summed E-state index contributed by atoms with van der Waals surface area (Å²) in [5.74, 6) is 0.180. The lowest BCUT2D eigenvalue weighted by atomic mass is 9.98. The molecule has 5 nitrogen and oxygen atoms in total. The topological polar surface area (TPSA) is 58.4 Å². The molecule has 2 aromatic rings. The van der Waals surface area contributed by atoms with Gasteiger partial charge in [0.05, 0.1) is 28.0 Å². The fourth-order valence-electron chi connectivity index (χ4n) is 2.55. The highest BCUT2D eigenvalue weighted by atomic mass is 35.5. The zero-order chi connectivity index (χ0) is 16.4. The molecule has 1 aromatic heterocycles. The van der Waals surface area contributed by atoms with E-state index in [9.17, 15) is 4.79 Å². The van der Waals surface area contributed by atoms with Crippen molar-refractivity contribution in [1.82, 2.24) is 5.16 Å². The highest BCUT2D eigenvalue weighted by Crippen LogP contribution is 2.33. The van der Waals surface area contributed by atoms with Crippen LogP contribution < -0.4 is 10.2 Å². The molecular formula is C16H20ClN3O2. The van der Waals surface area contributed by atoms with Gasteiger partial charge in [0.2, 0.25) is 5.91 Å². The van der Waals surface area contributed by atoms with Crippen LogP contribution in [0.5, 0.6) is 0 Å². The number of hydrogen-bond acceptors (Lipinski definition) is 4. The molecule has 118 valence electrons. The van der Waals surface area contributed by atoms with E-state index in [1.165, 1.54) is 0 Å². The normalized spacial score (nSPS) is 12.1. The van der Waals surface area contributed by atoms with E-state index in [1.54, 1.807) is 6.07 Å². The quantitative estimate of drug-likeness (QED) is 0.931. The van der Waals surface area contributed by atoms with Crippen LogP contribution in [0.1, 0.15) is 29.9 Å². The maximum Gasteiger partial charge on any atom is 0.231 e. The average Bonchev–Trinajstić information content (AvgIpc) is 2.77. The number of para-hydroxylation sites is 1. The van der Waals surface area contributed by atoms with Crippen LogP contribution in [-0.2, 0) is 4.79 Å². The second-order valence-corrected chi connectivity index (χ2v) is 5.89. The van der Waals surface area contributed by atoms with Crippen molar-refractivity contribution < 1.29 is 9.32 Å². The third-order valence-corrected chi connectivity index (χ3v) is 3.91. The third kappa shape index (κ3) is 3.09. The van der Waals surface area contributed by atoms with E-state index in [2.05, 4.69) is 10.5 Å². The molecule has 0 bridgehead atoms. The minimum Gasteiger partial charge on any atom is -0.375 e. The lowest BCUT2D eigenvalue weighted by Gasteiger charge is -2.20. The molecule has 0 aliphatic rings. The lowest BCUT2D eigenvalue weighted by Crippen LogP contribution is -2.22. The van der Waals surface area contributed by atoms with Crippen LogP contribution in [0.15, 0.2) is 22.7 Å². The molecule has 1 aromatic carbocycles. The summed E-state index contributed by atoms with van der Waals surface area (Å²) >= 11 is 6.22. The fourth-order valence-corrected chi connectivity index (χ4v) is 2.89. The van der Waals surface area contributed by atoms with Gasteiger partial charge in [0.25, 0.3) is 0 Å². The highest BCUT2D eigenvalue weighted by molar-refractivity contribution is 6.34. The first-order chi connectivity index (χ1) is 10.3. The number of carbonyl (C=O) groups excluding carboxylic acids is 1. The van der Waals surface area contributed by atoms with Gasteiger partial charge in [-0.2, -0.15) is 0 Å². The summed E-state index contributed by atoms with van der Waals surface area (Å²) in [5, 5.41) is 7.43. The van der Waals surface area contributed by atoms with Gasteiger partial charge in [-0.1, -0.05) is 22.8 Å². The molecule has 0 saturated carbocycles.